The highest BCUT2D eigenvalue weighted by Crippen LogP contribution is 2.40. The molecule has 3 atom stereocenters. The van der Waals surface area contributed by atoms with Crippen LogP contribution in [0.5, 0.6) is 0 Å². The van der Waals surface area contributed by atoms with Crippen molar-refractivity contribution < 1.29 is 0 Å². The van der Waals surface area contributed by atoms with E-state index < -0.39 is 0 Å². The van der Waals surface area contributed by atoms with E-state index in [9.17, 15) is 0 Å². The highest BCUT2D eigenvalue weighted by atomic mass is 35.5. The minimum atomic E-state index is 0.353. The number of nitrogens with zero attached hydrogens (tertiary/aromatic N) is 1. The van der Waals surface area contributed by atoms with Crippen molar-refractivity contribution in [2.45, 2.75) is 44.4 Å². The second kappa shape index (κ2) is 4.52. The van der Waals surface area contributed by atoms with Gasteiger partial charge in [-0.2, -0.15) is 0 Å². The molecule has 0 radical (unpaired) electrons. The fraction of sp³-hybridized carbons (Fsp3) is 0.615. The van der Waals surface area contributed by atoms with Crippen molar-refractivity contribution in [1.82, 2.24) is 4.98 Å². The van der Waals surface area contributed by atoms with Gasteiger partial charge in [-0.15, -0.1) is 11.6 Å². The molecule has 3 unspecified atom stereocenters. The third kappa shape index (κ3) is 2.34. The first-order valence-electron chi connectivity index (χ1n) is 5.74. The molecule has 0 saturated heterocycles. The van der Waals surface area contributed by atoms with Crippen LogP contribution in [0.3, 0.4) is 0 Å². The van der Waals surface area contributed by atoms with E-state index in [4.69, 9.17) is 11.6 Å². The second-order valence-electron chi connectivity index (χ2n) is 4.67. The maximum absolute atomic E-state index is 6.26. The van der Waals surface area contributed by atoms with Gasteiger partial charge in [-0.25, -0.2) is 0 Å². The Kier molecular flexibility index (Phi) is 3.30. The van der Waals surface area contributed by atoms with Crippen molar-refractivity contribution in [3.05, 3.63) is 29.6 Å². The third-order valence-corrected chi connectivity index (χ3v) is 3.98. The van der Waals surface area contributed by atoms with Gasteiger partial charge in [0, 0.05) is 17.3 Å². The molecule has 82 valence electrons. The zero-order chi connectivity index (χ0) is 10.8. The van der Waals surface area contributed by atoms with Crippen molar-refractivity contribution in [2.75, 3.05) is 0 Å². The summed E-state index contributed by atoms with van der Waals surface area (Å²) in [6.07, 6.45) is 5.38. The van der Waals surface area contributed by atoms with Crippen molar-refractivity contribution in [2.24, 2.45) is 5.92 Å². The molecule has 1 heterocycles. The van der Waals surface area contributed by atoms with Crippen molar-refractivity contribution in [3.8, 4) is 0 Å². The van der Waals surface area contributed by atoms with E-state index in [0.29, 0.717) is 11.3 Å². The first-order chi connectivity index (χ1) is 7.18. The first kappa shape index (κ1) is 10.9. The van der Waals surface area contributed by atoms with Gasteiger partial charge in [0.2, 0.25) is 0 Å². The number of hydrogen-bond donors (Lipinski definition) is 0. The van der Waals surface area contributed by atoms with Gasteiger partial charge in [0.1, 0.15) is 0 Å². The predicted octanol–water partition coefficient (Wildman–Crippen LogP) is 3.90. The molecule has 1 aromatic heterocycles. The number of halogens is 1. The van der Waals surface area contributed by atoms with Crippen molar-refractivity contribution in [3.63, 3.8) is 0 Å². The summed E-state index contributed by atoms with van der Waals surface area (Å²) in [5.41, 5.74) is 2.57. The van der Waals surface area contributed by atoms with E-state index in [1.165, 1.54) is 24.1 Å². The van der Waals surface area contributed by atoms with Crippen LogP contribution in [0.25, 0.3) is 0 Å². The molecule has 1 saturated carbocycles. The van der Waals surface area contributed by atoms with Crippen molar-refractivity contribution in [1.29, 1.82) is 0 Å². The van der Waals surface area contributed by atoms with Gasteiger partial charge in [-0.3, -0.25) is 4.98 Å². The van der Waals surface area contributed by atoms with Crippen LogP contribution in [0, 0.1) is 12.8 Å². The Hall–Kier alpha value is -0.560. The zero-order valence-corrected chi connectivity index (χ0v) is 10.2. The van der Waals surface area contributed by atoms with Crippen LogP contribution in [-0.2, 0) is 0 Å². The van der Waals surface area contributed by atoms with E-state index in [1.54, 1.807) is 0 Å². The minimum absolute atomic E-state index is 0.353. The Bertz CT molecular complexity index is 337. The summed E-state index contributed by atoms with van der Waals surface area (Å²) in [6.45, 7) is 4.43. The lowest BCUT2D eigenvalue weighted by atomic mass is 9.76. The van der Waals surface area contributed by atoms with E-state index in [-0.39, 0.29) is 0 Å². The molecule has 2 rings (SSSR count). The molecule has 1 aromatic rings. The molecule has 0 aromatic carbocycles. The summed E-state index contributed by atoms with van der Waals surface area (Å²) < 4.78 is 0. The van der Waals surface area contributed by atoms with Crippen molar-refractivity contribution >= 4 is 11.6 Å². The highest BCUT2D eigenvalue weighted by Gasteiger charge is 2.28. The minimum Gasteiger partial charge on any atom is -0.261 e. The van der Waals surface area contributed by atoms with Gasteiger partial charge < -0.3 is 0 Å². The Morgan fingerprint density at radius 2 is 2.20 bits per heavy atom. The van der Waals surface area contributed by atoms with Crippen LogP contribution in [0.2, 0.25) is 0 Å². The molecule has 0 amide bonds. The second-order valence-corrected chi connectivity index (χ2v) is 5.29. The summed E-state index contributed by atoms with van der Waals surface area (Å²) in [7, 11) is 0. The largest absolute Gasteiger partial charge is 0.261 e. The Balaban J connectivity index is 2.25. The smallest absolute Gasteiger partial charge is 0.0407 e. The zero-order valence-electron chi connectivity index (χ0n) is 9.41. The lowest BCUT2D eigenvalue weighted by molar-refractivity contribution is 0.333. The van der Waals surface area contributed by atoms with Crippen LogP contribution in [-0.4, -0.2) is 10.4 Å². The normalized spacial score (nSPS) is 31.5. The molecule has 15 heavy (non-hydrogen) atoms. The number of hydrogen-bond acceptors (Lipinski definition) is 1. The van der Waals surface area contributed by atoms with Gasteiger partial charge in [0.15, 0.2) is 0 Å². The fourth-order valence-corrected chi connectivity index (χ4v) is 2.91. The molecule has 2 heteroatoms. The molecule has 0 spiro atoms. The highest BCUT2D eigenvalue weighted by molar-refractivity contribution is 6.20. The van der Waals surface area contributed by atoms with E-state index >= 15 is 0 Å². The fourth-order valence-electron chi connectivity index (χ4n) is 2.59. The Labute approximate surface area is 96.9 Å². The molecule has 1 aliphatic carbocycles. The standard InChI is InChI=1S/C13H18ClN/c1-9-5-6-11(14)8-13(9)12-4-3-7-15-10(12)2/h3-4,7,9,11,13H,5-6,8H2,1-2H3. The third-order valence-electron chi connectivity index (χ3n) is 3.58. The molecule has 1 fully saturated rings. The predicted molar refractivity (Wildman–Crippen MR) is 64.4 cm³/mol. The maximum Gasteiger partial charge on any atom is 0.0407 e. The Morgan fingerprint density at radius 1 is 1.40 bits per heavy atom. The lowest BCUT2D eigenvalue weighted by Gasteiger charge is -2.32. The molecule has 0 bridgehead atoms. The average molecular weight is 224 g/mol. The number of aryl methyl sites for hydroxylation is 1. The van der Waals surface area contributed by atoms with Gasteiger partial charge in [0.25, 0.3) is 0 Å². The Morgan fingerprint density at radius 3 is 2.93 bits per heavy atom. The summed E-state index contributed by atoms with van der Waals surface area (Å²) in [5, 5.41) is 0.353. The summed E-state index contributed by atoms with van der Waals surface area (Å²) in [4.78, 5) is 4.37. The van der Waals surface area contributed by atoms with Gasteiger partial charge in [-0.05, 0) is 49.7 Å². The topological polar surface area (TPSA) is 12.9 Å². The monoisotopic (exact) mass is 223 g/mol. The number of pyridine rings is 1. The van der Waals surface area contributed by atoms with Crippen LogP contribution in [0.1, 0.15) is 43.4 Å². The SMILES string of the molecule is Cc1ncccc1C1CC(Cl)CCC1C. The first-order valence-corrected chi connectivity index (χ1v) is 6.17. The van der Waals surface area contributed by atoms with Crippen LogP contribution in [0.4, 0.5) is 0 Å². The van der Waals surface area contributed by atoms with Gasteiger partial charge in [-0.1, -0.05) is 13.0 Å². The quantitative estimate of drug-likeness (QED) is 0.658. The molecular weight excluding hydrogens is 206 g/mol. The molecule has 0 aliphatic heterocycles. The summed E-state index contributed by atoms with van der Waals surface area (Å²) in [5.74, 6) is 1.35. The van der Waals surface area contributed by atoms with Gasteiger partial charge in [0.05, 0.1) is 0 Å². The van der Waals surface area contributed by atoms with Crippen LogP contribution in [0.15, 0.2) is 18.3 Å². The van der Waals surface area contributed by atoms with Crippen LogP contribution < -0.4 is 0 Å². The molecular formula is C13H18ClN. The summed E-state index contributed by atoms with van der Waals surface area (Å²) >= 11 is 6.26. The average Bonchev–Trinajstić information content (AvgIpc) is 2.23. The molecule has 0 N–H and O–H groups in total. The number of aromatic nitrogens is 1. The maximum atomic E-state index is 6.26. The molecule has 1 aliphatic rings. The van der Waals surface area contributed by atoms with E-state index in [2.05, 4.69) is 24.9 Å². The number of alkyl halides is 1. The molecule has 1 nitrogen and oxygen atoms in total. The lowest BCUT2D eigenvalue weighted by Crippen LogP contribution is -2.22. The number of rotatable bonds is 1. The summed E-state index contributed by atoms with van der Waals surface area (Å²) in [6, 6.07) is 4.24. The van der Waals surface area contributed by atoms with Crippen LogP contribution >= 0.6 is 11.6 Å². The van der Waals surface area contributed by atoms with E-state index in [1.807, 2.05) is 12.3 Å². The van der Waals surface area contributed by atoms with Gasteiger partial charge >= 0.3 is 0 Å². The van der Waals surface area contributed by atoms with E-state index in [0.717, 1.165) is 12.3 Å².